The molecule has 0 saturated carbocycles. The van der Waals surface area contributed by atoms with Crippen LogP contribution in [0.4, 0.5) is 4.79 Å². The first-order valence-corrected chi connectivity index (χ1v) is 12.0. The van der Waals surface area contributed by atoms with Gasteiger partial charge in [-0.3, -0.25) is 0 Å². The Morgan fingerprint density at radius 3 is 2.23 bits per heavy atom. The Balaban J connectivity index is 0.00000436. The van der Waals surface area contributed by atoms with Crippen molar-refractivity contribution in [2.75, 3.05) is 33.2 Å². The molecule has 4 heteroatoms. The van der Waals surface area contributed by atoms with Crippen LogP contribution in [0, 0.1) is 0 Å². The highest BCUT2D eigenvalue weighted by Gasteiger charge is 2.21. The van der Waals surface area contributed by atoms with E-state index in [1.165, 1.54) is 16.7 Å². The summed E-state index contributed by atoms with van der Waals surface area (Å²) in [7, 11) is 2.13. The number of likely N-dealkylation sites (N-methyl/N-ethyl adjacent to an activating group) is 1. The number of carbonyl (C=O) groups excluding carboxylic acids is 1. The van der Waals surface area contributed by atoms with E-state index in [2.05, 4.69) is 57.5 Å². The fourth-order valence-electron chi connectivity index (χ4n) is 3.36. The molecular weight excluding hydrogens is 384 g/mol. The van der Waals surface area contributed by atoms with Crippen molar-refractivity contribution in [1.29, 1.82) is 0 Å². The van der Waals surface area contributed by atoms with Crippen LogP contribution in [0.2, 0.25) is 0 Å². The highest BCUT2D eigenvalue weighted by Crippen LogP contribution is 2.20. The summed E-state index contributed by atoms with van der Waals surface area (Å²) in [5.41, 5.74) is 4.74. The second-order valence-electron chi connectivity index (χ2n) is 9.00. The lowest BCUT2D eigenvalue weighted by molar-refractivity contribution is 0.0236. The molecule has 0 bridgehead atoms. The van der Waals surface area contributed by atoms with Crippen molar-refractivity contribution in [1.82, 2.24) is 9.80 Å². The molecule has 0 aliphatic carbocycles. The molecule has 0 aliphatic heterocycles. The maximum Gasteiger partial charge on any atom is 0.410 e. The molecule has 0 radical (unpaired) electrons. The number of amides is 1. The molecule has 1 amide bonds. The number of carbonyl (C=O) groups is 1. The monoisotopic (exact) mass is 432 g/mol. The van der Waals surface area contributed by atoms with Gasteiger partial charge in [0.2, 0.25) is 0 Å². The summed E-state index contributed by atoms with van der Waals surface area (Å²) in [4.78, 5) is 16.5. The van der Waals surface area contributed by atoms with Gasteiger partial charge in [0.15, 0.2) is 0 Å². The maximum absolute atomic E-state index is 12.4. The van der Waals surface area contributed by atoms with Crippen molar-refractivity contribution < 1.29 is 9.53 Å². The third-order valence-electron chi connectivity index (χ3n) is 4.91. The van der Waals surface area contributed by atoms with Gasteiger partial charge in [-0.1, -0.05) is 58.0 Å². The van der Waals surface area contributed by atoms with Crippen LogP contribution in [0.1, 0.15) is 84.9 Å². The Hall–Kier alpha value is -1.81. The molecule has 4 nitrogen and oxygen atoms in total. The van der Waals surface area contributed by atoms with E-state index in [0.717, 1.165) is 50.9 Å². The third-order valence-corrected chi connectivity index (χ3v) is 4.91. The van der Waals surface area contributed by atoms with Gasteiger partial charge < -0.3 is 14.5 Å². The van der Waals surface area contributed by atoms with Gasteiger partial charge in [-0.25, -0.2) is 4.79 Å². The van der Waals surface area contributed by atoms with Crippen molar-refractivity contribution in [2.24, 2.45) is 0 Å². The van der Waals surface area contributed by atoms with E-state index in [1.807, 2.05) is 39.5 Å². The number of rotatable bonds is 11. The Kier molecular flexibility index (Phi) is 14.2. The Morgan fingerprint density at radius 1 is 1.06 bits per heavy atom. The Morgan fingerprint density at radius 2 is 1.71 bits per heavy atom. The van der Waals surface area contributed by atoms with E-state index in [0.29, 0.717) is 6.54 Å². The number of nitrogens with zero attached hydrogens (tertiary/aromatic N) is 2. The molecule has 0 atom stereocenters. The summed E-state index contributed by atoms with van der Waals surface area (Å²) in [5, 5.41) is 0. The lowest BCUT2D eigenvalue weighted by Crippen LogP contribution is -2.41. The van der Waals surface area contributed by atoms with Crippen molar-refractivity contribution in [3.8, 4) is 0 Å². The maximum atomic E-state index is 12.4. The topological polar surface area (TPSA) is 32.8 Å². The molecule has 1 aromatic carbocycles. The number of benzene rings is 1. The standard InChI is InChI=1S/C25H42N2O2.C2H6/c1-9-15-27(24(28)29-25(5,6)7)18-17-26(8)16-11-12-21-13-14-23(20(3)4)22(10-2)19-21;1-2/h13-14,19H,3,9-12,15-18H2,1-2,4-8H3;1-2H3. The predicted octanol–water partition coefficient (Wildman–Crippen LogP) is 6.82. The zero-order valence-electron chi connectivity index (χ0n) is 21.8. The highest BCUT2D eigenvalue weighted by molar-refractivity contribution is 5.68. The van der Waals surface area contributed by atoms with E-state index in [-0.39, 0.29) is 6.09 Å². The van der Waals surface area contributed by atoms with E-state index in [4.69, 9.17) is 4.74 Å². The first-order valence-electron chi connectivity index (χ1n) is 12.0. The first-order chi connectivity index (χ1) is 14.6. The predicted molar refractivity (Wildman–Crippen MR) is 136 cm³/mol. The van der Waals surface area contributed by atoms with E-state index in [9.17, 15) is 4.79 Å². The second-order valence-corrected chi connectivity index (χ2v) is 9.00. The lowest BCUT2D eigenvalue weighted by atomic mass is 9.96. The van der Waals surface area contributed by atoms with Gasteiger partial charge in [0.05, 0.1) is 0 Å². The SMILES string of the molecule is C=C(C)c1ccc(CCCN(C)CCN(CCC)C(=O)OC(C)(C)C)cc1CC.CC. The van der Waals surface area contributed by atoms with Crippen LogP contribution in [0.15, 0.2) is 24.8 Å². The molecule has 0 heterocycles. The normalized spacial score (nSPS) is 11.0. The minimum absolute atomic E-state index is 0.211. The molecule has 0 aliphatic rings. The smallest absolute Gasteiger partial charge is 0.410 e. The molecule has 0 aromatic heterocycles. The number of hydrogen-bond acceptors (Lipinski definition) is 3. The van der Waals surface area contributed by atoms with Crippen molar-refractivity contribution >= 4 is 11.7 Å². The fourth-order valence-corrected chi connectivity index (χ4v) is 3.36. The lowest BCUT2D eigenvalue weighted by Gasteiger charge is -2.28. The summed E-state index contributed by atoms with van der Waals surface area (Å²) in [6.45, 7) is 23.5. The van der Waals surface area contributed by atoms with E-state index >= 15 is 0 Å². The molecule has 0 saturated heterocycles. The molecule has 0 N–H and O–H groups in total. The number of hydrogen-bond donors (Lipinski definition) is 0. The number of ether oxygens (including phenoxy) is 1. The van der Waals surface area contributed by atoms with Gasteiger partial charge in [0, 0.05) is 19.6 Å². The molecule has 0 spiro atoms. The van der Waals surface area contributed by atoms with Crippen molar-refractivity contribution in [3.63, 3.8) is 0 Å². The molecule has 178 valence electrons. The van der Waals surface area contributed by atoms with Gasteiger partial charge in [-0.15, -0.1) is 0 Å². The van der Waals surface area contributed by atoms with Crippen molar-refractivity contribution in [2.45, 2.75) is 86.7 Å². The highest BCUT2D eigenvalue weighted by atomic mass is 16.6. The minimum atomic E-state index is -0.452. The molecule has 0 unspecified atom stereocenters. The van der Waals surface area contributed by atoms with Gasteiger partial charge in [-0.2, -0.15) is 0 Å². The largest absolute Gasteiger partial charge is 0.444 e. The minimum Gasteiger partial charge on any atom is -0.444 e. The van der Waals surface area contributed by atoms with Gasteiger partial charge in [-0.05, 0) is 83.7 Å². The number of aryl methyl sites for hydroxylation is 2. The number of allylic oxidation sites excluding steroid dienone is 1. The summed E-state index contributed by atoms with van der Waals surface area (Å²) < 4.78 is 5.53. The molecule has 31 heavy (non-hydrogen) atoms. The molecular formula is C27H48N2O2. The van der Waals surface area contributed by atoms with E-state index < -0.39 is 5.60 Å². The van der Waals surface area contributed by atoms with Gasteiger partial charge in [0.25, 0.3) is 0 Å². The molecule has 0 fully saturated rings. The van der Waals surface area contributed by atoms with Crippen LogP contribution in [-0.4, -0.2) is 54.7 Å². The van der Waals surface area contributed by atoms with E-state index in [1.54, 1.807) is 0 Å². The Labute approximate surface area is 192 Å². The van der Waals surface area contributed by atoms with Crippen LogP contribution in [-0.2, 0) is 17.6 Å². The third kappa shape index (κ3) is 12.0. The van der Waals surface area contributed by atoms with Crippen LogP contribution in [0.3, 0.4) is 0 Å². The van der Waals surface area contributed by atoms with Crippen LogP contribution >= 0.6 is 0 Å². The summed E-state index contributed by atoms with van der Waals surface area (Å²) in [5.74, 6) is 0. The first kappa shape index (κ1) is 29.2. The Bertz CT molecular complexity index is 662. The molecule has 1 rings (SSSR count). The average molecular weight is 433 g/mol. The van der Waals surface area contributed by atoms with Crippen molar-refractivity contribution in [3.05, 3.63) is 41.5 Å². The summed E-state index contributed by atoms with van der Waals surface area (Å²) in [6, 6.07) is 6.77. The fraction of sp³-hybridized carbons (Fsp3) is 0.667. The van der Waals surface area contributed by atoms with Gasteiger partial charge in [0.1, 0.15) is 5.60 Å². The van der Waals surface area contributed by atoms with Gasteiger partial charge >= 0.3 is 6.09 Å². The summed E-state index contributed by atoms with van der Waals surface area (Å²) >= 11 is 0. The second kappa shape index (κ2) is 15.1. The average Bonchev–Trinajstić information content (AvgIpc) is 2.70. The molecule has 1 aromatic rings. The van der Waals surface area contributed by atoms with Crippen LogP contribution in [0.5, 0.6) is 0 Å². The van der Waals surface area contributed by atoms with Crippen LogP contribution in [0.25, 0.3) is 5.57 Å². The van der Waals surface area contributed by atoms with Crippen LogP contribution < -0.4 is 0 Å². The zero-order valence-corrected chi connectivity index (χ0v) is 21.8. The quantitative estimate of drug-likeness (QED) is 0.384. The zero-order chi connectivity index (χ0) is 24.0. The summed E-state index contributed by atoms with van der Waals surface area (Å²) in [6.07, 6.45) is 3.93.